The summed E-state index contributed by atoms with van der Waals surface area (Å²) < 4.78 is 14.9. The number of hydrogen-bond donors (Lipinski definition) is 1. The maximum Gasteiger partial charge on any atom is 0.158 e. The van der Waals surface area contributed by atoms with Gasteiger partial charge in [-0.2, -0.15) is 0 Å². The first kappa shape index (κ1) is 8.50. The summed E-state index contributed by atoms with van der Waals surface area (Å²) in [5.74, 6) is 0. The summed E-state index contributed by atoms with van der Waals surface area (Å²) in [5, 5.41) is -0.623. The molecule has 0 atom stereocenters. The summed E-state index contributed by atoms with van der Waals surface area (Å²) in [6, 6.07) is 0. The van der Waals surface area contributed by atoms with Gasteiger partial charge < -0.3 is 0 Å². The smallest absolute Gasteiger partial charge is 0.158 e. The highest BCUT2D eigenvalue weighted by Crippen LogP contribution is 2.34. The van der Waals surface area contributed by atoms with Crippen LogP contribution in [0.4, 0.5) is 0 Å². The standard InChI is InChI=1S/C6H11ClO2S/c7-6(9-10-8)4-2-1-3-5-6/h10H,1-5H2. The SMILES string of the molecule is O=[SH]OC1(Cl)CCCCC1. The van der Waals surface area contributed by atoms with Crippen LogP contribution in [-0.4, -0.2) is 9.27 Å². The minimum absolute atomic E-state index is 0.299. The van der Waals surface area contributed by atoms with Gasteiger partial charge >= 0.3 is 0 Å². The molecule has 0 heterocycles. The van der Waals surface area contributed by atoms with Crippen LogP contribution in [0, 0.1) is 0 Å². The van der Waals surface area contributed by atoms with E-state index in [4.69, 9.17) is 15.8 Å². The van der Waals surface area contributed by atoms with Gasteiger partial charge in [-0.1, -0.05) is 18.0 Å². The van der Waals surface area contributed by atoms with E-state index in [0.29, 0.717) is 0 Å². The van der Waals surface area contributed by atoms with Gasteiger partial charge in [-0.3, -0.25) is 4.18 Å². The van der Waals surface area contributed by atoms with E-state index in [1.54, 1.807) is 0 Å². The molecule has 10 heavy (non-hydrogen) atoms. The number of hydrogen-bond acceptors (Lipinski definition) is 2. The molecule has 60 valence electrons. The van der Waals surface area contributed by atoms with Crippen LogP contribution >= 0.6 is 11.6 Å². The number of halogens is 1. The molecule has 2 nitrogen and oxygen atoms in total. The van der Waals surface area contributed by atoms with Crippen LogP contribution in [0.3, 0.4) is 0 Å². The molecular weight excluding hydrogens is 172 g/mol. The third kappa shape index (κ3) is 2.22. The first-order valence-corrected chi connectivity index (χ1v) is 4.57. The Morgan fingerprint density at radius 3 is 2.40 bits per heavy atom. The maximum atomic E-state index is 10.1. The molecule has 0 spiro atoms. The Balaban J connectivity index is 2.39. The van der Waals surface area contributed by atoms with Crippen molar-refractivity contribution in [2.75, 3.05) is 0 Å². The summed E-state index contributed by atoms with van der Waals surface area (Å²) in [4.78, 5) is 0. The molecule has 1 saturated carbocycles. The quantitative estimate of drug-likeness (QED) is 0.521. The minimum Gasteiger partial charge on any atom is -0.270 e. The molecule has 0 aromatic carbocycles. The van der Waals surface area contributed by atoms with Gasteiger partial charge in [0.05, 0.1) is 0 Å². The Hall–Kier alpha value is 0.400. The van der Waals surface area contributed by atoms with E-state index in [1.165, 1.54) is 6.42 Å². The molecule has 1 rings (SSSR count). The Labute approximate surface area is 69.6 Å². The predicted octanol–water partition coefficient (Wildman–Crippen LogP) is 1.76. The van der Waals surface area contributed by atoms with E-state index >= 15 is 0 Å². The molecule has 0 bridgehead atoms. The monoisotopic (exact) mass is 182 g/mol. The Morgan fingerprint density at radius 2 is 1.90 bits per heavy atom. The predicted molar refractivity (Wildman–Crippen MR) is 42.3 cm³/mol. The molecule has 0 radical (unpaired) electrons. The van der Waals surface area contributed by atoms with E-state index in [-0.39, 0.29) is 11.9 Å². The average molecular weight is 183 g/mol. The average Bonchev–Trinajstić information content (AvgIpc) is 1.89. The van der Waals surface area contributed by atoms with Gasteiger partial charge in [-0.25, -0.2) is 4.21 Å². The van der Waals surface area contributed by atoms with E-state index in [2.05, 4.69) is 0 Å². The largest absolute Gasteiger partial charge is 0.270 e. The van der Waals surface area contributed by atoms with Crippen LogP contribution in [-0.2, 0) is 16.1 Å². The summed E-state index contributed by atoms with van der Waals surface area (Å²) >= 11 is 5.65. The third-order valence-electron chi connectivity index (χ3n) is 1.80. The summed E-state index contributed by atoms with van der Waals surface area (Å²) in [5.41, 5.74) is 0. The van der Waals surface area contributed by atoms with Crippen molar-refractivity contribution in [1.29, 1.82) is 0 Å². The molecule has 1 fully saturated rings. The molecule has 4 heteroatoms. The molecule has 1 aliphatic rings. The zero-order valence-corrected chi connectivity index (χ0v) is 7.33. The van der Waals surface area contributed by atoms with Gasteiger partial charge in [0.25, 0.3) is 0 Å². The van der Waals surface area contributed by atoms with Gasteiger partial charge in [-0.15, -0.1) is 0 Å². The van der Waals surface area contributed by atoms with Gasteiger partial charge in [0.1, 0.15) is 11.9 Å². The highest BCUT2D eigenvalue weighted by atomic mass is 35.5. The third-order valence-corrected chi connectivity index (χ3v) is 2.79. The summed E-state index contributed by atoms with van der Waals surface area (Å²) in [6.07, 6.45) is 5.03. The number of rotatable bonds is 2. The number of thiol groups is 1. The van der Waals surface area contributed by atoms with Crippen molar-refractivity contribution in [1.82, 2.24) is 0 Å². The molecular formula is C6H11ClO2S. The first-order valence-electron chi connectivity index (χ1n) is 3.47. The minimum atomic E-state index is -0.623. The fraction of sp³-hybridized carbons (Fsp3) is 1.00. The van der Waals surface area contributed by atoms with Crippen LogP contribution in [0.2, 0.25) is 0 Å². The molecule has 0 N–H and O–H groups in total. The van der Waals surface area contributed by atoms with Crippen LogP contribution in [0.1, 0.15) is 32.1 Å². The zero-order valence-electron chi connectivity index (χ0n) is 5.68. The Morgan fingerprint density at radius 1 is 1.30 bits per heavy atom. The molecule has 0 aliphatic heterocycles. The Kier molecular flexibility index (Phi) is 3.14. The Bertz CT molecular complexity index is 123. The molecule has 0 saturated heterocycles. The number of alkyl halides is 1. The van der Waals surface area contributed by atoms with E-state index in [0.717, 1.165) is 25.7 Å². The van der Waals surface area contributed by atoms with Gasteiger partial charge in [0.15, 0.2) is 5.06 Å². The fourth-order valence-electron chi connectivity index (χ4n) is 1.24. The zero-order chi connectivity index (χ0) is 7.45. The van der Waals surface area contributed by atoms with Crippen LogP contribution < -0.4 is 0 Å². The highest BCUT2D eigenvalue weighted by molar-refractivity contribution is 7.60. The molecule has 1 aliphatic carbocycles. The van der Waals surface area contributed by atoms with E-state index in [9.17, 15) is 4.21 Å². The van der Waals surface area contributed by atoms with Crippen LogP contribution in [0.5, 0.6) is 0 Å². The normalized spacial score (nSPS) is 24.5. The van der Waals surface area contributed by atoms with Crippen molar-refractivity contribution in [3.05, 3.63) is 0 Å². The van der Waals surface area contributed by atoms with E-state index < -0.39 is 5.06 Å². The first-order chi connectivity index (χ1) is 4.77. The van der Waals surface area contributed by atoms with Crippen molar-refractivity contribution >= 4 is 23.5 Å². The summed E-state index contributed by atoms with van der Waals surface area (Å²) in [7, 11) is 0. The fourth-order valence-corrected chi connectivity index (χ4v) is 1.91. The maximum absolute atomic E-state index is 10.1. The lowest BCUT2D eigenvalue weighted by molar-refractivity contribution is 0.135. The van der Waals surface area contributed by atoms with Crippen molar-refractivity contribution in [3.63, 3.8) is 0 Å². The van der Waals surface area contributed by atoms with Gasteiger partial charge in [0, 0.05) is 0 Å². The van der Waals surface area contributed by atoms with Crippen LogP contribution in [0.15, 0.2) is 0 Å². The van der Waals surface area contributed by atoms with Crippen molar-refractivity contribution in [3.8, 4) is 0 Å². The lowest BCUT2D eigenvalue weighted by Crippen LogP contribution is -2.26. The van der Waals surface area contributed by atoms with Crippen molar-refractivity contribution < 1.29 is 8.39 Å². The lowest BCUT2D eigenvalue weighted by Gasteiger charge is -2.27. The second-order valence-corrected chi connectivity index (χ2v) is 3.63. The van der Waals surface area contributed by atoms with Gasteiger partial charge in [-0.05, 0) is 25.7 Å². The topological polar surface area (TPSA) is 26.3 Å². The second-order valence-electron chi connectivity index (χ2n) is 2.61. The molecule has 0 unspecified atom stereocenters. The van der Waals surface area contributed by atoms with Crippen molar-refractivity contribution in [2.45, 2.75) is 37.2 Å². The van der Waals surface area contributed by atoms with Gasteiger partial charge in [0.2, 0.25) is 0 Å². The molecule has 0 amide bonds. The van der Waals surface area contributed by atoms with E-state index in [1.807, 2.05) is 0 Å². The molecule has 0 aromatic heterocycles. The van der Waals surface area contributed by atoms with Crippen LogP contribution in [0.25, 0.3) is 0 Å². The molecule has 0 aromatic rings. The summed E-state index contributed by atoms with van der Waals surface area (Å²) in [6.45, 7) is 0. The van der Waals surface area contributed by atoms with Crippen molar-refractivity contribution in [2.24, 2.45) is 0 Å². The lowest BCUT2D eigenvalue weighted by atomic mass is 9.97. The highest BCUT2D eigenvalue weighted by Gasteiger charge is 2.30. The second kappa shape index (κ2) is 3.69.